The number of hydrogen-bond donors (Lipinski definition) is 9. The summed E-state index contributed by atoms with van der Waals surface area (Å²) in [5, 5.41) is 93.4. The Morgan fingerprint density at radius 2 is 0.944 bits per heavy atom. The van der Waals surface area contributed by atoms with E-state index in [0.717, 1.165) is 0 Å². The highest BCUT2D eigenvalue weighted by Gasteiger charge is 2.52. The zero-order valence-corrected chi connectivity index (χ0v) is 20.6. The van der Waals surface area contributed by atoms with E-state index < -0.39 is 97.6 Å². The number of hydrogen-bond acceptors (Lipinski definition) is 13. The highest BCUT2D eigenvalue weighted by atomic mass is 16.6. The number of aliphatic hydroxyl groups is 9. The summed E-state index contributed by atoms with van der Waals surface area (Å²) in [5.41, 5.74) is 0. The molecule has 13 nitrogen and oxygen atoms in total. The maximum absolute atomic E-state index is 10.9. The van der Waals surface area contributed by atoms with Gasteiger partial charge in [-0.05, 0) is 19.3 Å². The molecule has 0 heterocycles. The quantitative estimate of drug-likeness (QED) is 0.139. The Labute approximate surface area is 209 Å². The van der Waals surface area contributed by atoms with Crippen LogP contribution in [-0.4, -0.2) is 153 Å². The standard InChI is InChI=1S/C23H42O13/c1-33-8-11-5-14(17(28)19(30)15(11)26)36-23-10(7-25)4-13(18(29)21(23)32)35-22-9(6-24)3-12(34-2)16(27)20(22)31/h9-32H,3-8H2,1-2H3/t9-,10-,11-,12+,13+,14+,15?,16+,17+,18+,19+,20-,21-,22?,23?/m1/s1. The monoisotopic (exact) mass is 526 g/mol. The number of methoxy groups -OCH3 is 2. The summed E-state index contributed by atoms with van der Waals surface area (Å²) in [6.45, 7) is -0.731. The molecule has 0 aromatic carbocycles. The molecule has 3 rings (SSSR count). The molecule has 3 fully saturated rings. The van der Waals surface area contributed by atoms with E-state index in [1.54, 1.807) is 0 Å². The molecule has 0 spiro atoms. The van der Waals surface area contributed by atoms with Crippen molar-refractivity contribution in [3.8, 4) is 0 Å². The van der Waals surface area contributed by atoms with Crippen LogP contribution < -0.4 is 0 Å². The normalized spacial score (nSPS) is 50.2. The van der Waals surface area contributed by atoms with Gasteiger partial charge in [-0.15, -0.1) is 0 Å². The van der Waals surface area contributed by atoms with E-state index in [1.807, 2.05) is 0 Å². The van der Waals surface area contributed by atoms with Gasteiger partial charge in [0.15, 0.2) is 0 Å². The predicted molar refractivity (Wildman–Crippen MR) is 121 cm³/mol. The third-order valence-corrected chi connectivity index (χ3v) is 8.05. The molecule has 36 heavy (non-hydrogen) atoms. The van der Waals surface area contributed by atoms with Gasteiger partial charge in [0, 0.05) is 45.2 Å². The summed E-state index contributed by atoms with van der Waals surface area (Å²) >= 11 is 0. The van der Waals surface area contributed by atoms with Crippen LogP contribution in [0.4, 0.5) is 0 Å². The van der Waals surface area contributed by atoms with E-state index in [4.69, 9.17) is 18.9 Å². The highest BCUT2D eigenvalue weighted by molar-refractivity contribution is 5.00. The lowest BCUT2D eigenvalue weighted by Crippen LogP contribution is -2.62. The molecule has 0 saturated heterocycles. The zero-order chi connectivity index (χ0) is 26.7. The number of ether oxygens (including phenoxy) is 4. The van der Waals surface area contributed by atoms with Gasteiger partial charge in [-0.25, -0.2) is 0 Å². The maximum Gasteiger partial charge on any atom is 0.109 e. The van der Waals surface area contributed by atoms with Gasteiger partial charge in [0.05, 0.1) is 43.2 Å². The fourth-order valence-corrected chi connectivity index (χ4v) is 5.84. The van der Waals surface area contributed by atoms with E-state index in [2.05, 4.69) is 0 Å². The third kappa shape index (κ3) is 6.04. The molecule has 0 radical (unpaired) electrons. The summed E-state index contributed by atoms with van der Waals surface area (Å²) in [4.78, 5) is 0. The first-order chi connectivity index (χ1) is 17.1. The van der Waals surface area contributed by atoms with Crippen LogP contribution in [0.15, 0.2) is 0 Å². The van der Waals surface area contributed by atoms with E-state index in [0.29, 0.717) is 0 Å². The van der Waals surface area contributed by atoms with Gasteiger partial charge >= 0.3 is 0 Å². The van der Waals surface area contributed by atoms with Crippen molar-refractivity contribution < 1.29 is 64.9 Å². The topological polar surface area (TPSA) is 219 Å². The van der Waals surface area contributed by atoms with E-state index >= 15 is 0 Å². The molecule has 3 aliphatic carbocycles. The van der Waals surface area contributed by atoms with Gasteiger partial charge in [-0.3, -0.25) is 0 Å². The first kappa shape index (κ1) is 30.0. The Balaban J connectivity index is 1.71. The van der Waals surface area contributed by atoms with Gasteiger partial charge in [0.2, 0.25) is 0 Å². The highest BCUT2D eigenvalue weighted by Crippen LogP contribution is 2.37. The molecule has 3 unspecified atom stereocenters. The van der Waals surface area contributed by atoms with Crippen LogP contribution in [0.1, 0.15) is 19.3 Å². The van der Waals surface area contributed by atoms with Crippen LogP contribution in [0, 0.1) is 17.8 Å². The van der Waals surface area contributed by atoms with Crippen LogP contribution in [0.2, 0.25) is 0 Å². The molecule has 0 aliphatic heterocycles. The molecular weight excluding hydrogens is 484 g/mol. The van der Waals surface area contributed by atoms with Crippen molar-refractivity contribution in [1.29, 1.82) is 0 Å². The Morgan fingerprint density at radius 1 is 0.528 bits per heavy atom. The molecule has 0 aromatic rings. The fourth-order valence-electron chi connectivity index (χ4n) is 5.84. The Morgan fingerprint density at radius 3 is 1.39 bits per heavy atom. The maximum atomic E-state index is 10.9. The molecule has 0 amide bonds. The molecule has 0 bridgehead atoms. The van der Waals surface area contributed by atoms with Gasteiger partial charge < -0.3 is 64.9 Å². The molecule has 0 aromatic heterocycles. The van der Waals surface area contributed by atoms with Gasteiger partial charge in [0.25, 0.3) is 0 Å². The summed E-state index contributed by atoms with van der Waals surface area (Å²) in [7, 11) is 2.81. The van der Waals surface area contributed by atoms with Crippen LogP contribution in [0.5, 0.6) is 0 Å². The van der Waals surface area contributed by atoms with E-state index in [-0.39, 0.29) is 32.5 Å². The Kier molecular flexibility index (Phi) is 10.9. The van der Waals surface area contributed by atoms with Crippen molar-refractivity contribution in [2.24, 2.45) is 17.8 Å². The van der Waals surface area contributed by atoms with Gasteiger partial charge in [0.1, 0.15) is 36.6 Å². The Bertz CT molecular complexity index is 666. The molecular formula is C23H42O13. The Hall–Kier alpha value is -0.520. The molecule has 212 valence electrons. The second-order valence-corrected chi connectivity index (χ2v) is 10.3. The van der Waals surface area contributed by atoms with Crippen LogP contribution >= 0.6 is 0 Å². The van der Waals surface area contributed by atoms with Gasteiger partial charge in [-0.1, -0.05) is 0 Å². The number of aliphatic hydroxyl groups excluding tert-OH is 9. The lowest BCUT2D eigenvalue weighted by molar-refractivity contribution is -0.261. The summed E-state index contributed by atoms with van der Waals surface area (Å²) in [5.74, 6) is -1.91. The average Bonchev–Trinajstić information content (AvgIpc) is 2.87. The summed E-state index contributed by atoms with van der Waals surface area (Å²) < 4.78 is 22.1. The van der Waals surface area contributed by atoms with Crippen LogP contribution in [0.25, 0.3) is 0 Å². The lowest BCUT2D eigenvalue weighted by atomic mass is 9.78. The smallest absolute Gasteiger partial charge is 0.109 e. The molecule has 3 saturated carbocycles. The molecule has 9 N–H and O–H groups in total. The SMILES string of the molecule is COC[C@H]1C[C@H](OC2[C@@H](CO)C[C@H](OC3[C@@H](CO)C[C@H](OC)[C@H](O)[C@H]3O)[C@H](O)[C@H]2O)[C@H](O)[C@@H](O)C1O. The lowest BCUT2D eigenvalue weighted by Gasteiger charge is -2.48. The first-order valence-corrected chi connectivity index (χ1v) is 12.4. The minimum absolute atomic E-state index is 0.0000565. The average molecular weight is 527 g/mol. The minimum Gasteiger partial charge on any atom is -0.396 e. The van der Waals surface area contributed by atoms with Crippen LogP contribution in [-0.2, 0) is 18.9 Å². The first-order valence-electron chi connectivity index (χ1n) is 12.4. The van der Waals surface area contributed by atoms with Crippen molar-refractivity contribution in [3.63, 3.8) is 0 Å². The predicted octanol–water partition coefficient (Wildman–Crippen LogP) is -4.27. The minimum atomic E-state index is -1.57. The van der Waals surface area contributed by atoms with E-state index in [9.17, 15) is 46.0 Å². The third-order valence-electron chi connectivity index (χ3n) is 8.05. The van der Waals surface area contributed by atoms with Gasteiger partial charge in [-0.2, -0.15) is 0 Å². The summed E-state index contributed by atoms with van der Waals surface area (Å²) in [6.07, 6.45) is -14.7. The van der Waals surface area contributed by atoms with Crippen LogP contribution in [0.3, 0.4) is 0 Å². The van der Waals surface area contributed by atoms with Crippen molar-refractivity contribution >= 4 is 0 Å². The van der Waals surface area contributed by atoms with Crippen molar-refractivity contribution in [3.05, 3.63) is 0 Å². The fraction of sp³-hybridized carbons (Fsp3) is 1.00. The molecule has 3 aliphatic rings. The van der Waals surface area contributed by atoms with Crippen molar-refractivity contribution in [1.82, 2.24) is 0 Å². The second-order valence-electron chi connectivity index (χ2n) is 10.3. The van der Waals surface area contributed by atoms with E-state index in [1.165, 1.54) is 14.2 Å². The van der Waals surface area contributed by atoms with Crippen molar-refractivity contribution in [2.75, 3.05) is 34.0 Å². The molecule has 13 heteroatoms. The zero-order valence-electron chi connectivity index (χ0n) is 20.6. The number of rotatable bonds is 9. The molecule has 15 atom stereocenters. The summed E-state index contributed by atoms with van der Waals surface area (Å²) in [6, 6.07) is 0. The second kappa shape index (κ2) is 13.0. The van der Waals surface area contributed by atoms with Crippen molar-refractivity contribution in [2.45, 2.75) is 92.5 Å². The largest absolute Gasteiger partial charge is 0.396 e.